The van der Waals surface area contributed by atoms with Gasteiger partial charge in [-0.3, -0.25) is 4.79 Å². The van der Waals surface area contributed by atoms with E-state index in [1.165, 1.54) is 6.20 Å². The molecule has 3 unspecified atom stereocenters. The molecule has 0 aromatic carbocycles. The zero-order valence-electron chi connectivity index (χ0n) is 14.2. The Bertz CT molecular complexity index is 813. The molecule has 3 rings (SSSR count). The number of halogens is 5. The van der Waals surface area contributed by atoms with Crippen molar-refractivity contribution in [2.75, 3.05) is 6.61 Å². The van der Waals surface area contributed by atoms with Gasteiger partial charge >= 0.3 is 6.18 Å². The predicted octanol–water partition coefficient (Wildman–Crippen LogP) is 4.39. The molecule has 27 heavy (non-hydrogen) atoms. The van der Waals surface area contributed by atoms with Crippen LogP contribution in [-0.4, -0.2) is 40.8 Å². The van der Waals surface area contributed by atoms with Gasteiger partial charge in [-0.05, 0) is 13.0 Å². The second-order valence-corrected chi connectivity index (χ2v) is 7.21. The first-order chi connectivity index (χ1) is 12.7. The lowest BCUT2D eigenvalue weighted by molar-refractivity contribution is -0.142. The number of rotatable bonds is 7. The van der Waals surface area contributed by atoms with Crippen LogP contribution in [-0.2, 0) is 11.3 Å². The summed E-state index contributed by atoms with van der Waals surface area (Å²) in [6.07, 6.45) is -2.79. The van der Waals surface area contributed by atoms with Crippen molar-refractivity contribution >= 4 is 35.3 Å². The topological polar surface area (TPSA) is 66.3 Å². The first kappa shape index (κ1) is 19.9. The number of hydrogen-bond acceptors (Lipinski definition) is 4. The maximum Gasteiger partial charge on any atom is 0.392 e. The first-order valence-electron chi connectivity index (χ1n) is 8.19. The molecule has 0 bridgehead atoms. The largest absolute Gasteiger partial charge is 0.496 e. The van der Waals surface area contributed by atoms with E-state index in [1.54, 1.807) is 17.9 Å². The Morgan fingerprint density at radius 2 is 2.19 bits per heavy atom. The number of nitrogens with zero attached hydrogens (tertiary/aromatic N) is 2. The summed E-state index contributed by atoms with van der Waals surface area (Å²) in [5, 5.41) is 8.27. The zero-order valence-corrected chi connectivity index (χ0v) is 15.7. The minimum Gasteiger partial charge on any atom is -0.496 e. The summed E-state index contributed by atoms with van der Waals surface area (Å²) in [4.78, 5) is 18.2. The van der Waals surface area contributed by atoms with Gasteiger partial charge < -0.3 is 15.0 Å². The van der Waals surface area contributed by atoms with E-state index in [4.69, 9.17) is 33.3 Å². The van der Waals surface area contributed by atoms with E-state index >= 15 is 0 Å². The number of amides is 1. The van der Waals surface area contributed by atoms with Crippen molar-refractivity contribution in [3.05, 3.63) is 39.3 Å². The highest BCUT2D eigenvalue weighted by molar-refractivity contribution is 6.33. The molecule has 0 fully saturated rings. The molecule has 10 heteroatoms. The number of hydrogen-bond donors (Lipinski definition) is 1. The van der Waals surface area contributed by atoms with Gasteiger partial charge in [0, 0.05) is 35.5 Å². The molecule has 1 N–H and O–H groups in total. The van der Waals surface area contributed by atoms with E-state index < -0.39 is 37.1 Å². The van der Waals surface area contributed by atoms with Crippen molar-refractivity contribution in [1.82, 2.24) is 9.88 Å². The Labute approximate surface area is 163 Å². The summed E-state index contributed by atoms with van der Waals surface area (Å²) in [6, 6.07) is 1.16. The van der Waals surface area contributed by atoms with Crippen molar-refractivity contribution in [3.8, 4) is 0 Å². The highest BCUT2D eigenvalue weighted by Crippen LogP contribution is 2.50. The third kappa shape index (κ3) is 3.91. The lowest BCUT2D eigenvalue weighted by Crippen LogP contribution is -2.40. The van der Waals surface area contributed by atoms with Crippen LogP contribution in [0.2, 0.25) is 5.15 Å². The molecule has 3 atom stereocenters. The fourth-order valence-corrected chi connectivity index (χ4v) is 3.82. The Balaban J connectivity index is 1.66. The van der Waals surface area contributed by atoms with Crippen LogP contribution in [0.3, 0.4) is 0 Å². The van der Waals surface area contributed by atoms with Gasteiger partial charge in [0.25, 0.3) is 5.91 Å². The minimum absolute atomic E-state index is 0.232. The van der Waals surface area contributed by atoms with E-state index in [0.717, 1.165) is 6.21 Å². The summed E-state index contributed by atoms with van der Waals surface area (Å²) in [6.45, 7) is 1.48. The van der Waals surface area contributed by atoms with Crippen LogP contribution in [0.25, 0.3) is 0 Å². The number of fused-ring (bicyclic) bond motifs is 1. The van der Waals surface area contributed by atoms with E-state index in [9.17, 15) is 18.0 Å². The summed E-state index contributed by atoms with van der Waals surface area (Å²) >= 11 is 12.1. The number of aromatic nitrogens is 1. The molecule has 0 radical (unpaired) electrons. The molecule has 1 aromatic rings. The van der Waals surface area contributed by atoms with E-state index in [2.05, 4.69) is 4.98 Å². The normalized spacial score (nSPS) is 21.2. The van der Waals surface area contributed by atoms with Crippen LogP contribution in [0.5, 0.6) is 0 Å². The Morgan fingerprint density at radius 3 is 2.78 bits per heavy atom. The minimum atomic E-state index is -4.31. The van der Waals surface area contributed by atoms with Gasteiger partial charge in [0.2, 0.25) is 0 Å². The van der Waals surface area contributed by atoms with E-state index in [0.29, 0.717) is 16.2 Å². The van der Waals surface area contributed by atoms with Crippen LogP contribution < -0.4 is 0 Å². The number of pyridine rings is 1. The Morgan fingerprint density at radius 1 is 1.48 bits per heavy atom. The zero-order chi connectivity index (χ0) is 19.9. The lowest BCUT2D eigenvalue weighted by atomic mass is 9.94. The molecular weight excluding hydrogens is 406 g/mol. The first-order valence-corrected chi connectivity index (χ1v) is 8.95. The maximum absolute atomic E-state index is 12.7. The van der Waals surface area contributed by atoms with Crippen molar-refractivity contribution in [2.45, 2.75) is 32.1 Å². The van der Waals surface area contributed by atoms with Gasteiger partial charge in [-0.2, -0.15) is 13.2 Å². The SMILES string of the molecule is CC(C(C=N)C1C(Cl)=C1OCCC(F)(F)F)N1Cc2c(ccnc2Cl)C1=O. The monoisotopic (exact) mass is 421 g/mol. The number of ether oxygens (including phenoxy) is 1. The molecule has 1 aromatic heterocycles. The van der Waals surface area contributed by atoms with Crippen LogP contribution in [0, 0.1) is 17.2 Å². The van der Waals surface area contributed by atoms with Gasteiger partial charge in [0.15, 0.2) is 0 Å². The lowest BCUT2D eigenvalue weighted by Gasteiger charge is -2.30. The molecule has 1 aliphatic heterocycles. The van der Waals surface area contributed by atoms with Crippen molar-refractivity contribution in [3.63, 3.8) is 0 Å². The van der Waals surface area contributed by atoms with Gasteiger partial charge in [0.1, 0.15) is 10.9 Å². The molecular formula is C17H16Cl2F3N3O2. The molecule has 5 nitrogen and oxygen atoms in total. The molecule has 146 valence electrons. The van der Waals surface area contributed by atoms with Gasteiger partial charge in [-0.1, -0.05) is 23.2 Å². The molecule has 2 heterocycles. The van der Waals surface area contributed by atoms with Crippen molar-refractivity contribution in [2.24, 2.45) is 11.8 Å². The number of alkyl halides is 3. The second kappa shape index (κ2) is 7.31. The molecule has 1 aliphatic carbocycles. The number of carbonyl (C=O) groups excluding carboxylic acids is 1. The van der Waals surface area contributed by atoms with Crippen molar-refractivity contribution in [1.29, 1.82) is 5.41 Å². The fourth-order valence-electron chi connectivity index (χ4n) is 3.24. The fraction of sp³-hybridized carbons (Fsp3) is 0.471. The average Bonchev–Trinajstić information content (AvgIpc) is 3.07. The van der Waals surface area contributed by atoms with E-state index in [1.807, 2.05) is 0 Å². The third-order valence-corrected chi connectivity index (χ3v) is 5.55. The quantitative estimate of drug-likeness (QED) is 0.524. The van der Waals surface area contributed by atoms with Crippen LogP contribution in [0.4, 0.5) is 13.2 Å². The van der Waals surface area contributed by atoms with Gasteiger partial charge in [-0.15, -0.1) is 0 Å². The predicted molar refractivity (Wildman–Crippen MR) is 93.8 cm³/mol. The highest BCUT2D eigenvalue weighted by Gasteiger charge is 2.48. The second-order valence-electron chi connectivity index (χ2n) is 6.45. The average molecular weight is 422 g/mol. The van der Waals surface area contributed by atoms with E-state index in [-0.39, 0.29) is 23.4 Å². The highest BCUT2D eigenvalue weighted by atomic mass is 35.5. The van der Waals surface area contributed by atoms with Crippen LogP contribution >= 0.6 is 23.2 Å². The van der Waals surface area contributed by atoms with Gasteiger partial charge in [0.05, 0.1) is 30.5 Å². The molecule has 2 aliphatic rings. The molecule has 0 spiro atoms. The summed E-state index contributed by atoms with van der Waals surface area (Å²) in [5.41, 5.74) is 1.08. The summed E-state index contributed by atoms with van der Waals surface area (Å²) in [5.74, 6) is -0.976. The summed E-state index contributed by atoms with van der Waals surface area (Å²) in [7, 11) is 0. The smallest absolute Gasteiger partial charge is 0.392 e. The Kier molecular flexibility index (Phi) is 5.40. The molecule has 0 saturated carbocycles. The Hall–Kier alpha value is -1.80. The van der Waals surface area contributed by atoms with Crippen LogP contribution in [0.15, 0.2) is 23.1 Å². The number of nitrogens with one attached hydrogen (secondary N) is 1. The van der Waals surface area contributed by atoms with Crippen molar-refractivity contribution < 1.29 is 22.7 Å². The number of allylic oxidation sites excluding steroid dienone is 2. The maximum atomic E-state index is 12.7. The standard InChI is InChI=1S/C17H16Cl2F3N3O2/c1-8(25-7-11-9(16(25)26)2-4-24-15(11)19)10(6-23)12-13(18)14(12)27-5-3-17(20,21)22/h2,4,6,8,10,12,23H,3,5,7H2,1H3. The third-order valence-electron chi connectivity index (χ3n) is 4.80. The number of carbonyl (C=O) groups is 1. The summed E-state index contributed by atoms with van der Waals surface area (Å²) < 4.78 is 41.9. The van der Waals surface area contributed by atoms with Crippen LogP contribution in [0.1, 0.15) is 29.3 Å². The van der Waals surface area contributed by atoms with Gasteiger partial charge in [-0.25, -0.2) is 4.98 Å². The molecule has 1 amide bonds. The molecule has 0 saturated heterocycles.